The summed E-state index contributed by atoms with van der Waals surface area (Å²) < 4.78 is 0.936. The number of hydrogen-bond donors (Lipinski definition) is 1. The lowest BCUT2D eigenvalue weighted by Gasteiger charge is -2.27. The molecule has 98 valence electrons. The molecule has 1 amide bonds. The number of nitrogens with one attached hydrogen (secondary N) is 1. The third kappa shape index (κ3) is 3.82. The van der Waals surface area contributed by atoms with E-state index in [-0.39, 0.29) is 5.91 Å². The molecule has 0 radical (unpaired) electrons. The molecule has 1 fully saturated rings. The molecule has 18 heavy (non-hydrogen) atoms. The molecular formula is C14H17Br2NO. The third-order valence-electron chi connectivity index (χ3n) is 3.43. The highest BCUT2D eigenvalue weighted by atomic mass is 79.9. The van der Waals surface area contributed by atoms with E-state index in [1.807, 2.05) is 24.3 Å². The number of carbonyl (C=O) groups excluding carboxylic acids is 1. The zero-order valence-corrected chi connectivity index (χ0v) is 13.3. The summed E-state index contributed by atoms with van der Waals surface area (Å²) in [6.45, 7) is 0.765. The van der Waals surface area contributed by atoms with Gasteiger partial charge in [0.15, 0.2) is 0 Å². The van der Waals surface area contributed by atoms with E-state index in [4.69, 9.17) is 0 Å². The van der Waals surface area contributed by atoms with E-state index in [9.17, 15) is 4.79 Å². The second kappa shape index (κ2) is 6.71. The minimum atomic E-state index is 0.0153. The van der Waals surface area contributed by atoms with Gasteiger partial charge in [-0.2, -0.15) is 0 Å². The van der Waals surface area contributed by atoms with Gasteiger partial charge in [0, 0.05) is 21.4 Å². The quantitative estimate of drug-likeness (QED) is 0.791. The van der Waals surface area contributed by atoms with Crippen molar-refractivity contribution in [3.05, 3.63) is 34.3 Å². The molecule has 0 spiro atoms. The highest BCUT2D eigenvalue weighted by Gasteiger charge is 2.23. The second-order valence-electron chi connectivity index (χ2n) is 4.78. The van der Waals surface area contributed by atoms with Crippen LogP contribution in [0.25, 0.3) is 0 Å². The van der Waals surface area contributed by atoms with Crippen LogP contribution < -0.4 is 5.32 Å². The van der Waals surface area contributed by atoms with Crippen LogP contribution >= 0.6 is 31.9 Å². The molecule has 4 heteroatoms. The summed E-state index contributed by atoms with van der Waals surface area (Å²) in [4.78, 5) is 12.5. The molecule has 0 aromatic heterocycles. The maximum Gasteiger partial charge on any atom is 0.251 e. The van der Waals surface area contributed by atoms with Gasteiger partial charge in [0.2, 0.25) is 0 Å². The predicted octanol–water partition coefficient (Wildman–Crippen LogP) is 4.13. The summed E-state index contributed by atoms with van der Waals surface area (Å²) in [5.74, 6) is 0.580. The monoisotopic (exact) mass is 373 g/mol. The van der Waals surface area contributed by atoms with Crippen LogP contribution in [-0.2, 0) is 0 Å². The lowest BCUT2D eigenvalue weighted by molar-refractivity contribution is 0.0944. The first-order chi connectivity index (χ1) is 8.66. The predicted molar refractivity (Wildman–Crippen MR) is 81.1 cm³/mol. The smallest absolute Gasteiger partial charge is 0.251 e. The third-order valence-corrected chi connectivity index (χ3v) is 5.13. The zero-order chi connectivity index (χ0) is 13.0. The molecule has 0 aliphatic heterocycles. The minimum absolute atomic E-state index is 0.0153. The molecule has 1 aromatic carbocycles. The van der Waals surface area contributed by atoms with Crippen molar-refractivity contribution in [1.82, 2.24) is 5.32 Å². The van der Waals surface area contributed by atoms with E-state index >= 15 is 0 Å². The SMILES string of the molecule is O=C(NCC1CCCCC1Br)c1cccc(Br)c1. The first-order valence-corrected chi connectivity index (χ1v) is 8.05. The van der Waals surface area contributed by atoms with E-state index in [0.29, 0.717) is 16.3 Å². The van der Waals surface area contributed by atoms with Crippen LogP contribution in [0.5, 0.6) is 0 Å². The van der Waals surface area contributed by atoms with Crippen LogP contribution in [0.15, 0.2) is 28.7 Å². The van der Waals surface area contributed by atoms with Gasteiger partial charge >= 0.3 is 0 Å². The Balaban J connectivity index is 1.88. The van der Waals surface area contributed by atoms with Crippen molar-refractivity contribution < 1.29 is 4.79 Å². The van der Waals surface area contributed by atoms with Gasteiger partial charge in [0.25, 0.3) is 5.91 Å². The Kier molecular flexibility index (Phi) is 5.25. The molecule has 1 N–H and O–H groups in total. The summed E-state index contributed by atoms with van der Waals surface area (Å²) in [7, 11) is 0. The molecule has 2 atom stereocenters. The first-order valence-electron chi connectivity index (χ1n) is 6.34. The standard InChI is InChI=1S/C14H17Br2NO/c15-12-6-3-5-10(8-12)14(18)17-9-11-4-1-2-7-13(11)16/h3,5-6,8,11,13H,1-2,4,7,9H2,(H,17,18). The Labute approximate surface area is 125 Å². The molecule has 0 heterocycles. The van der Waals surface area contributed by atoms with Crippen molar-refractivity contribution in [2.24, 2.45) is 5.92 Å². The Morgan fingerprint density at radius 2 is 2.11 bits per heavy atom. The van der Waals surface area contributed by atoms with E-state index < -0.39 is 0 Å². The molecule has 0 bridgehead atoms. The largest absolute Gasteiger partial charge is 0.352 e. The van der Waals surface area contributed by atoms with Gasteiger partial charge in [0.05, 0.1) is 0 Å². The molecule has 1 aliphatic rings. The molecule has 1 aromatic rings. The topological polar surface area (TPSA) is 29.1 Å². The lowest BCUT2D eigenvalue weighted by Crippen LogP contribution is -2.34. The Morgan fingerprint density at radius 1 is 1.33 bits per heavy atom. The highest BCUT2D eigenvalue weighted by Crippen LogP contribution is 2.29. The van der Waals surface area contributed by atoms with Crippen molar-refractivity contribution in [3.8, 4) is 0 Å². The van der Waals surface area contributed by atoms with Gasteiger partial charge in [-0.15, -0.1) is 0 Å². The molecule has 0 saturated heterocycles. The van der Waals surface area contributed by atoms with E-state index in [1.54, 1.807) is 0 Å². The zero-order valence-electron chi connectivity index (χ0n) is 10.2. The van der Waals surface area contributed by atoms with Crippen molar-refractivity contribution in [2.45, 2.75) is 30.5 Å². The first kappa shape index (κ1) is 14.1. The molecule has 2 nitrogen and oxygen atoms in total. The Morgan fingerprint density at radius 3 is 2.83 bits per heavy atom. The van der Waals surface area contributed by atoms with Crippen LogP contribution in [-0.4, -0.2) is 17.3 Å². The second-order valence-corrected chi connectivity index (χ2v) is 6.87. The van der Waals surface area contributed by atoms with Gasteiger partial charge in [-0.25, -0.2) is 0 Å². The van der Waals surface area contributed by atoms with E-state index in [2.05, 4.69) is 37.2 Å². The number of halogens is 2. The van der Waals surface area contributed by atoms with Crippen LogP contribution in [0.4, 0.5) is 0 Å². The average molecular weight is 375 g/mol. The number of hydrogen-bond acceptors (Lipinski definition) is 1. The molecule has 1 saturated carbocycles. The normalized spacial score (nSPS) is 23.7. The van der Waals surface area contributed by atoms with Crippen LogP contribution in [0.1, 0.15) is 36.0 Å². The highest BCUT2D eigenvalue weighted by molar-refractivity contribution is 9.10. The summed E-state index contributed by atoms with van der Waals surface area (Å²) in [5.41, 5.74) is 0.714. The fourth-order valence-corrected chi connectivity index (χ4v) is 3.52. The van der Waals surface area contributed by atoms with Gasteiger partial charge in [-0.1, -0.05) is 50.8 Å². The number of rotatable bonds is 3. The molecule has 2 unspecified atom stereocenters. The Hall–Kier alpha value is -0.350. The fourth-order valence-electron chi connectivity index (χ4n) is 2.35. The van der Waals surface area contributed by atoms with Gasteiger partial charge in [0.1, 0.15) is 0 Å². The average Bonchev–Trinajstić information content (AvgIpc) is 2.37. The van der Waals surface area contributed by atoms with E-state index in [1.165, 1.54) is 25.7 Å². The number of benzene rings is 1. The summed E-state index contributed by atoms with van der Waals surface area (Å²) in [6.07, 6.45) is 5.00. The molecular weight excluding hydrogens is 358 g/mol. The van der Waals surface area contributed by atoms with E-state index in [0.717, 1.165) is 11.0 Å². The summed E-state index contributed by atoms with van der Waals surface area (Å²) >= 11 is 7.09. The van der Waals surface area contributed by atoms with Crippen LogP contribution in [0.2, 0.25) is 0 Å². The van der Waals surface area contributed by atoms with Crippen molar-refractivity contribution in [2.75, 3.05) is 6.54 Å². The van der Waals surface area contributed by atoms with Crippen molar-refractivity contribution >= 4 is 37.8 Å². The van der Waals surface area contributed by atoms with Gasteiger partial charge < -0.3 is 5.32 Å². The maximum atomic E-state index is 12.0. The molecule has 1 aliphatic carbocycles. The number of carbonyl (C=O) groups is 1. The fraction of sp³-hybridized carbons (Fsp3) is 0.500. The van der Waals surface area contributed by atoms with Gasteiger partial charge in [-0.3, -0.25) is 4.79 Å². The summed E-state index contributed by atoms with van der Waals surface area (Å²) in [5, 5.41) is 3.04. The van der Waals surface area contributed by atoms with Crippen molar-refractivity contribution in [1.29, 1.82) is 0 Å². The number of alkyl halides is 1. The molecule has 2 rings (SSSR count). The van der Waals surface area contributed by atoms with Crippen LogP contribution in [0, 0.1) is 5.92 Å². The lowest BCUT2D eigenvalue weighted by atomic mass is 9.89. The number of amides is 1. The van der Waals surface area contributed by atoms with Crippen molar-refractivity contribution in [3.63, 3.8) is 0 Å². The maximum absolute atomic E-state index is 12.0. The minimum Gasteiger partial charge on any atom is -0.352 e. The summed E-state index contributed by atoms with van der Waals surface area (Å²) in [6, 6.07) is 7.49. The van der Waals surface area contributed by atoms with Crippen LogP contribution in [0.3, 0.4) is 0 Å². The van der Waals surface area contributed by atoms with Gasteiger partial charge in [-0.05, 0) is 37.0 Å². The Bertz CT molecular complexity index is 422.